The largest absolute Gasteiger partial charge is 0.343 e. The number of aromatic amines is 1. The van der Waals surface area contributed by atoms with Crippen LogP contribution < -0.4 is 5.69 Å². The van der Waals surface area contributed by atoms with Gasteiger partial charge in [-0.05, 0) is 24.3 Å². The summed E-state index contributed by atoms with van der Waals surface area (Å²) in [7, 11) is 0. The first-order valence-electron chi connectivity index (χ1n) is 6.84. The van der Waals surface area contributed by atoms with Gasteiger partial charge in [0.15, 0.2) is 0 Å². The number of nitrogens with one attached hydrogen (secondary N) is 1. The van der Waals surface area contributed by atoms with Gasteiger partial charge in [-0.2, -0.15) is 5.10 Å². The molecule has 0 bridgehead atoms. The molecule has 23 heavy (non-hydrogen) atoms. The number of aromatic nitrogens is 4. The summed E-state index contributed by atoms with van der Waals surface area (Å²) >= 11 is 1.68. The lowest BCUT2D eigenvalue weighted by atomic mass is 10.1. The van der Waals surface area contributed by atoms with E-state index in [1.54, 1.807) is 22.1 Å². The van der Waals surface area contributed by atoms with E-state index in [2.05, 4.69) is 39.4 Å². The maximum absolute atomic E-state index is 11.5. The van der Waals surface area contributed by atoms with E-state index in [1.165, 1.54) is 16.8 Å². The molecule has 0 saturated heterocycles. The maximum Gasteiger partial charge on any atom is 0.343 e. The second-order valence-electron chi connectivity index (χ2n) is 4.93. The molecular formula is C16H13ClN4OS. The van der Waals surface area contributed by atoms with Gasteiger partial charge in [-0.15, -0.1) is 23.7 Å². The molecule has 0 unspecified atom stereocenters. The van der Waals surface area contributed by atoms with E-state index in [0.717, 1.165) is 15.8 Å². The minimum absolute atomic E-state index is 0. The Kier molecular flexibility index (Phi) is 4.27. The minimum Gasteiger partial charge on any atom is -0.276 e. The molecule has 4 rings (SSSR count). The summed E-state index contributed by atoms with van der Waals surface area (Å²) in [5.74, 6) is 0. The predicted molar refractivity (Wildman–Crippen MR) is 94.3 cm³/mol. The van der Waals surface area contributed by atoms with Crippen molar-refractivity contribution in [1.29, 1.82) is 0 Å². The number of pyridine rings is 1. The van der Waals surface area contributed by atoms with Crippen molar-refractivity contribution < 1.29 is 0 Å². The van der Waals surface area contributed by atoms with E-state index in [9.17, 15) is 4.79 Å². The van der Waals surface area contributed by atoms with E-state index in [-0.39, 0.29) is 18.1 Å². The van der Waals surface area contributed by atoms with Crippen molar-refractivity contribution in [1.82, 2.24) is 19.7 Å². The van der Waals surface area contributed by atoms with Gasteiger partial charge < -0.3 is 0 Å². The van der Waals surface area contributed by atoms with Crippen molar-refractivity contribution in [2.75, 3.05) is 0 Å². The molecular weight excluding hydrogens is 332 g/mol. The van der Waals surface area contributed by atoms with E-state index in [0.29, 0.717) is 6.54 Å². The number of rotatable bonds is 3. The number of H-pyrrole nitrogens is 1. The zero-order chi connectivity index (χ0) is 14.9. The number of thiophene rings is 1. The fraction of sp³-hybridized carbons (Fsp3) is 0.0625. The molecule has 7 heteroatoms. The fourth-order valence-electron chi connectivity index (χ4n) is 2.48. The molecule has 0 radical (unpaired) electrons. The fourth-order valence-corrected chi connectivity index (χ4v) is 3.52. The highest BCUT2D eigenvalue weighted by Gasteiger charge is 2.08. The number of fused-ring (bicyclic) bond motifs is 1. The zero-order valence-electron chi connectivity index (χ0n) is 12.0. The molecule has 0 spiro atoms. The molecule has 1 aromatic carbocycles. The summed E-state index contributed by atoms with van der Waals surface area (Å²) in [5.41, 5.74) is 1.96. The Labute approximate surface area is 142 Å². The Bertz CT molecular complexity index is 999. The van der Waals surface area contributed by atoms with Crippen LogP contribution in [0.4, 0.5) is 0 Å². The highest BCUT2D eigenvalue weighted by atomic mass is 35.5. The number of halogens is 1. The molecule has 4 aromatic rings. The Morgan fingerprint density at radius 3 is 2.87 bits per heavy atom. The lowest BCUT2D eigenvalue weighted by Crippen LogP contribution is -2.16. The average Bonchev–Trinajstić information content (AvgIpc) is 3.17. The van der Waals surface area contributed by atoms with Gasteiger partial charge in [0.1, 0.15) is 6.33 Å². The first-order valence-corrected chi connectivity index (χ1v) is 7.65. The summed E-state index contributed by atoms with van der Waals surface area (Å²) in [4.78, 5) is 18.2. The second-order valence-corrected chi connectivity index (χ2v) is 6.10. The van der Waals surface area contributed by atoms with Crippen LogP contribution in [0.25, 0.3) is 21.3 Å². The quantitative estimate of drug-likeness (QED) is 0.620. The van der Waals surface area contributed by atoms with Gasteiger partial charge >= 0.3 is 5.69 Å². The van der Waals surface area contributed by atoms with E-state index in [1.807, 2.05) is 18.2 Å². The Balaban J connectivity index is 0.00000156. The Morgan fingerprint density at radius 2 is 2.04 bits per heavy atom. The first-order chi connectivity index (χ1) is 10.8. The van der Waals surface area contributed by atoms with Gasteiger partial charge in [-0.1, -0.05) is 18.2 Å². The molecule has 0 atom stereocenters. The van der Waals surface area contributed by atoms with Gasteiger partial charge in [-0.3, -0.25) is 9.55 Å². The maximum atomic E-state index is 11.5. The Hall–Kier alpha value is -2.44. The lowest BCUT2D eigenvalue weighted by Gasteiger charge is -2.03. The average molecular weight is 345 g/mol. The van der Waals surface area contributed by atoms with Crippen molar-refractivity contribution in [3.8, 4) is 10.4 Å². The van der Waals surface area contributed by atoms with Crippen molar-refractivity contribution >= 4 is 34.6 Å². The summed E-state index contributed by atoms with van der Waals surface area (Å²) in [5, 5.41) is 7.29. The molecule has 5 nitrogen and oxygen atoms in total. The Morgan fingerprint density at radius 1 is 1.13 bits per heavy atom. The van der Waals surface area contributed by atoms with Crippen LogP contribution in [0.2, 0.25) is 0 Å². The molecule has 0 aliphatic carbocycles. The molecule has 0 amide bonds. The van der Waals surface area contributed by atoms with Crippen LogP contribution in [0.5, 0.6) is 0 Å². The number of hydrogen-bond acceptors (Lipinski definition) is 4. The van der Waals surface area contributed by atoms with Crippen molar-refractivity contribution in [3.05, 3.63) is 70.4 Å². The van der Waals surface area contributed by atoms with Crippen LogP contribution in [0.3, 0.4) is 0 Å². The van der Waals surface area contributed by atoms with E-state index >= 15 is 0 Å². The third-order valence-electron chi connectivity index (χ3n) is 3.52. The standard InChI is InChI=1S/C16H12N4OS.ClH/c21-16-19-18-10-20(16)9-11-6-7-15(22-11)13-3-1-5-14-12(13)4-2-8-17-14;/h1-8,10H,9H2,(H,19,21);1H. The number of hydrogen-bond donors (Lipinski definition) is 1. The van der Waals surface area contributed by atoms with Crippen LogP contribution in [-0.4, -0.2) is 19.7 Å². The topological polar surface area (TPSA) is 63.6 Å². The van der Waals surface area contributed by atoms with Crippen LogP contribution in [-0.2, 0) is 6.54 Å². The second kappa shape index (κ2) is 6.36. The molecule has 0 aliphatic heterocycles. The highest BCUT2D eigenvalue weighted by Crippen LogP contribution is 2.33. The van der Waals surface area contributed by atoms with Crippen molar-refractivity contribution in [3.63, 3.8) is 0 Å². The van der Waals surface area contributed by atoms with Crippen molar-refractivity contribution in [2.45, 2.75) is 6.54 Å². The molecule has 3 heterocycles. The molecule has 0 fully saturated rings. The normalized spacial score (nSPS) is 10.6. The van der Waals surface area contributed by atoms with E-state index in [4.69, 9.17) is 0 Å². The summed E-state index contributed by atoms with van der Waals surface area (Å²) in [6.45, 7) is 0.531. The zero-order valence-corrected chi connectivity index (χ0v) is 13.6. The van der Waals surface area contributed by atoms with Crippen LogP contribution >= 0.6 is 23.7 Å². The summed E-state index contributed by atoms with van der Waals surface area (Å²) in [6, 6.07) is 14.3. The lowest BCUT2D eigenvalue weighted by molar-refractivity contribution is 0.772. The SMILES string of the molecule is Cl.O=c1[nH]ncn1Cc1ccc(-c2cccc3ncccc23)s1. The third kappa shape index (κ3) is 2.91. The summed E-state index contributed by atoms with van der Waals surface area (Å²) in [6.07, 6.45) is 3.32. The smallest absolute Gasteiger partial charge is 0.276 e. The van der Waals surface area contributed by atoms with E-state index < -0.39 is 0 Å². The third-order valence-corrected chi connectivity index (χ3v) is 4.62. The molecule has 0 aliphatic rings. The van der Waals surface area contributed by atoms with Gasteiger partial charge in [-0.25, -0.2) is 9.89 Å². The molecule has 3 aromatic heterocycles. The van der Waals surface area contributed by atoms with Crippen LogP contribution in [0.15, 0.2) is 59.8 Å². The van der Waals surface area contributed by atoms with Gasteiger partial charge in [0.25, 0.3) is 0 Å². The van der Waals surface area contributed by atoms with Gasteiger partial charge in [0.2, 0.25) is 0 Å². The monoisotopic (exact) mass is 344 g/mol. The molecule has 1 N–H and O–H groups in total. The molecule has 116 valence electrons. The highest BCUT2D eigenvalue weighted by molar-refractivity contribution is 7.15. The number of benzene rings is 1. The first kappa shape index (κ1) is 15.5. The number of nitrogens with zero attached hydrogens (tertiary/aromatic N) is 3. The van der Waals surface area contributed by atoms with Crippen molar-refractivity contribution in [2.24, 2.45) is 0 Å². The predicted octanol–water partition coefficient (Wildman–Crippen LogP) is 3.32. The summed E-state index contributed by atoms with van der Waals surface area (Å²) < 4.78 is 1.56. The van der Waals surface area contributed by atoms with Gasteiger partial charge in [0, 0.05) is 26.9 Å². The van der Waals surface area contributed by atoms with Gasteiger partial charge in [0.05, 0.1) is 12.1 Å². The van der Waals surface area contributed by atoms with Crippen LogP contribution in [0, 0.1) is 0 Å². The minimum atomic E-state index is -0.190. The molecule has 0 saturated carbocycles. The van der Waals surface area contributed by atoms with Crippen LogP contribution in [0.1, 0.15) is 4.88 Å².